The minimum atomic E-state index is 0.258. The molecule has 0 aliphatic rings. The number of hydrogen-bond acceptors (Lipinski definition) is 2. The molecule has 0 amide bonds. The number of benzene rings is 2. The van der Waals surface area contributed by atoms with E-state index in [9.17, 15) is 0 Å². The first kappa shape index (κ1) is 13.9. The van der Waals surface area contributed by atoms with E-state index in [2.05, 4.69) is 30.8 Å². The first-order chi connectivity index (χ1) is 9.72. The van der Waals surface area contributed by atoms with E-state index >= 15 is 0 Å². The molecule has 0 aliphatic heterocycles. The fraction of sp³-hybridized carbons (Fsp3) is 0.167. The van der Waals surface area contributed by atoms with E-state index in [1.54, 1.807) is 0 Å². The van der Waals surface area contributed by atoms with Crippen molar-refractivity contribution < 1.29 is 4.74 Å². The van der Waals surface area contributed by atoms with Gasteiger partial charge in [0, 0.05) is 11.8 Å². The molecule has 100 valence electrons. The minimum Gasteiger partial charge on any atom is -0.480 e. The lowest BCUT2D eigenvalue weighted by Crippen LogP contribution is -1.97. The third-order valence-electron chi connectivity index (χ3n) is 3.15. The van der Waals surface area contributed by atoms with E-state index in [0.29, 0.717) is 0 Å². The van der Waals surface area contributed by atoms with Crippen LogP contribution in [-0.2, 0) is 0 Å². The molecule has 0 N–H and O–H groups in total. The van der Waals surface area contributed by atoms with Crippen molar-refractivity contribution in [2.24, 2.45) is 4.99 Å². The Balaban J connectivity index is 2.28. The molecule has 20 heavy (non-hydrogen) atoms. The third-order valence-corrected chi connectivity index (χ3v) is 3.15. The van der Waals surface area contributed by atoms with Crippen molar-refractivity contribution in [1.82, 2.24) is 0 Å². The highest BCUT2D eigenvalue weighted by molar-refractivity contribution is 5.85. The van der Waals surface area contributed by atoms with Gasteiger partial charge in [0.15, 0.2) is 0 Å². The van der Waals surface area contributed by atoms with Gasteiger partial charge in [-0.1, -0.05) is 30.2 Å². The largest absolute Gasteiger partial charge is 0.480 e. The van der Waals surface area contributed by atoms with Crippen LogP contribution in [0.3, 0.4) is 0 Å². The molecule has 0 heterocycles. The van der Waals surface area contributed by atoms with Crippen LogP contribution in [0.5, 0.6) is 5.75 Å². The zero-order chi connectivity index (χ0) is 14.4. The molecule has 0 saturated carbocycles. The number of ether oxygens (including phenoxy) is 1. The van der Waals surface area contributed by atoms with Crippen molar-refractivity contribution in [3.63, 3.8) is 0 Å². The van der Waals surface area contributed by atoms with Gasteiger partial charge in [0.25, 0.3) is 0 Å². The zero-order valence-corrected chi connectivity index (χ0v) is 11.8. The summed E-state index contributed by atoms with van der Waals surface area (Å²) in [6, 6.07) is 13.8. The van der Waals surface area contributed by atoms with Crippen LogP contribution in [0.25, 0.3) is 0 Å². The summed E-state index contributed by atoms with van der Waals surface area (Å²) in [5.41, 5.74) is 4.31. The first-order valence-electron chi connectivity index (χ1n) is 6.48. The molecular weight excluding hydrogens is 246 g/mol. The van der Waals surface area contributed by atoms with Crippen LogP contribution >= 0.6 is 0 Å². The molecule has 0 aliphatic carbocycles. The fourth-order valence-electron chi connectivity index (χ4n) is 1.85. The molecule has 2 aromatic rings. The number of rotatable bonds is 4. The number of aryl methyl sites for hydroxylation is 1. The predicted molar refractivity (Wildman–Crippen MR) is 83.9 cm³/mol. The van der Waals surface area contributed by atoms with Gasteiger partial charge in [-0.15, -0.1) is 6.42 Å². The summed E-state index contributed by atoms with van der Waals surface area (Å²) in [4.78, 5) is 4.55. The van der Waals surface area contributed by atoms with Gasteiger partial charge in [0.2, 0.25) is 0 Å². The van der Waals surface area contributed by atoms with Gasteiger partial charge < -0.3 is 4.74 Å². The standard InChI is InChI=1S/C18H17NO/c1-4-12-20-18-11-6-5-9-16(18)13-19-17-10-7-8-14(2)15(17)3/h1,5-11,13H,12H2,2-3H3. The molecule has 0 atom stereocenters. The van der Waals surface area contributed by atoms with Crippen molar-refractivity contribution in [2.75, 3.05) is 6.61 Å². The predicted octanol–water partition coefficient (Wildman–Crippen LogP) is 4.07. The SMILES string of the molecule is C#CCOc1ccccc1C=Nc1cccc(C)c1C. The average molecular weight is 263 g/mol. The lowest BCUT2D eigenvalue weighted by molar-refractivity contribution is 0.370. The minimum absolute atomic E-state index is 0.258. The van der Waals surface area contributed by atoms with Crippen molar-refractivity contribution in [1.29, 1.82) is 0 Å². The average Bonchev–Trinajstić information content (AvgIpc) is 2.47. The lowest BCUT2D eigenvalue weighted by atomic mass is 10.1. The summed E-state index contributed by atoms with van der Waals surface area (Å²) in [5.74, 6) is 3.22. The maximum absolute atomic E-state index is 5.50. The lowest BCUT2D eigenvalue weighted by Gasteiger charge is -2.06. The summed E-state index contributed by atoms with van der Waals surface area (Å²) in [6.07, 6.45) is 7.03. The topological polar surface area (TPSA) is 21.6 Å². The smallest absolute Gasteiger partial charge is 0.148 e. The maximum atomic E-state index is 5.50. The Bertz CT molecular complexity index is 665. The Morgan fingerprint density at radius 2 is 1.95 bits per heavy atom. The highest BCUT2D eigenvalue weighted by Crippen LogP contribution is 2.22. The third kappa shape index (κ3) is 3.27. The summed E-state index contributed by atoms with van der Waals surface area (Å²) in [5, 5.41) is 0. The van der Waals surface area contributed by atoms with Gasteiger partial charge >= 0.3 is 0 Å². The molecule has 0 saturated heterocycles. The van der Waals surface area contributed by atoms with Gasteiger partial charge in [0.05, 0.1) is 5.69 Å². The molecule has 0 aromatic heterocycles. The molecule has 0 spiro atoms. The van der Waals surface area contributed by atoms with E-state index < -0.39 is 0 Å². The summed E-state index contributed by atoms with van der Waals surface area (Å²) in [6.45, 7) is 4.41. The summed E-state index contributed by atoms with van der Waals surface area (Å²) < 4.78 is 5.50. The molecule has 2 rings (SSSR count). The molecule has 0 unspecified atom stereocenters. The van der Waals surface area contributed by atoms with E-state index in [4.69, 9.17) is 11.2 Å². The number of hydrogen-bond donors (Lipinski definition) is 0. The molecule has 0 bridgehead atoms. The summed E-state index contributed by atoms with van der Waals surface area (Å²) in [7, 11) is 0. The second-order valence-corrected chi connectivity index (χ2v) is 4.51. The van der Waals surface area contributed by atoms with Crippen LogP contribution < -0.4 is 4.74 Å². The highest BCUT2D eigenvalue weighted by Gasteiger charge is 2.01. The molecule has 2 aromatic carbocycles. The van der Waals surface area contributed by atoms with Gasteiger partial charge in [-0.3, -0.25) is 4.99 Å². The zero-order valence-electron chi connectivity index (χ0n) is 11.8. The number of para-hydroxylation sites is 1. The van der Waals surface area contributed by atoms with Gasteiger partial charge in [0.1, 0.15) is 12.4 Å². The first-order valence-corrected chi connectivity index (χ1v) is 6.48. The fourth-order valence-corrected chi connectivity index (χ4v) is 1.85. The normalized spacial score (nSPS) is 10.4. The molecule has 0 radical (unpaired) electrons. The monoisotopic (exact) mass is 263 g/mol. The number of nitrogens with zero attached hydrogens (tertiary/aromatic N) is 1. The van der Waals surface area contributed by atoms with Crippen LogP contribution in [-0.4, -0.2) is 12.8 Å². The Kier molecular flexibility index (Phi) is 4.57. The van der Waals surface area contributed by atoms with E-state index in [0.717, 1.165) is 17.0 Å². The second-order valence-electron chi connectivity index (χ2n) is 4.51. The molecule has 2 heteroatoms. The molecule has 2 nitrogen and oxygen atoms in total. The van der Waals surface area contributed by atoms with Crippen LogP contribution in [0.15, 0.2) is 47.5 Å². The Labute approximate surface area is 120 Å². The molecule has 0 fully saturated rings. The molecular formula is C18H17NO. The van der Waals surface area contributed by atoms with Crippen LogP contribution in [0.4, 0.5) is 5.69 Å². The number of aliphatic imine (C=N–C) groups is 1. The quantitative estimate of drug-likeness (QED) is 0.602. The van der Waals surface area contributed by atoms with Gasteiger partial charge in [-0.2, -0.15) is 0 Å². The van der Waals surface area contributed by atoms with E-state index in [-0.39, 0.29) is 6.61 Å². The Hall–Kier alpha value is -2.53. The second kappa shape index (κ2) is 6.58. The summed E-state index contributed by atoms with van der Waals surface area (Å²) >= 11 is 0. The van der Waals surface area contributed by atoms with E-state index in [1.165, 1.54) is 11.1 Å². The van der Waals surface area contributed by atoms with Crippen molar-refractivity contribution in [2.45, 2.75) is 13.8 Å². The van der Waals surface area contributed by atoms with Crippen LogP contribution in [0.1, 0.15) is 16.7 Å². The van der Waals surface area contributed by atoms with Crippen LogP contribution in [0, 0.1) is 26.2 Å². The van der Waals surface area contributed by atoms with Gasteiger partial charge in [-0.25, -0.2) is 0 Å². The van der Waals surface area contributed by atoms with Crippen molar-refractivity contribution in [3.8, 4) is 18.1 Å². The Morgan fingerprint density at radius 1 is 1.15 bits per heavy atom. The maximum Gasteiger partial charge on any atom is 0.148 e. The highest BCUT2D eigenvalue weighted by atomic mass is 16.5. The van der Waals surface area contributed by atoms with Gasteiger partial charge in [-0.05, 0) is 43.2 Å². The number of terminal acetylenes is 1. The Morgan fingerprint density at radius 3 is 2.75 bits per heavy atom. The van der Waals surface area contributed by atoms with Crippen LogP contribution in [0.2, 0.25) is 0 Å². The van der Waals surface area contributed by atoms with E-state index in [1.807, 2.05) is 42.6 Å². The van der Waals surface area contributed by atoms with Crippen molar-refractivity contribution in [3.05, 3.63) is 59.2 Å². The van der Waals surface area contributed by atoms with Crippen molar-refractivity contribution >= 4 is 11.9 Å².